The molecule has 0 atom stereocenters. The van der Waals surface area contributed by atoms with Crippen LogP contribution in [0.4, 0.5) is 0 Å². The van der Waals surface area contributed by atoms with Gasteiger partial charge in [-0.05, 0) is 29.8 Å². The maximum Gasteiger partial charge on any atom is 0.560 e. The number of hydrogen-bond acceptors (Lipinski definition) is 5. The molecule has 3 rings (SSSR count). The van der Waals surface area contributed by atoms with Crippen molar-refractivity contribution < 1.29 is 24.0 Å². The maximum atomic E-state index is 11.0. The van der Waals surface area contributed by atoms with Crippen LogP contribution in [0.3, 0.4) is 0 Å². The average molecular weight is 313 g/mol. The van der Waals surface area contributed by atoms with Crippen molar-refractivity contribution in [1.29, 1.82) is 0 Å². The summed E-state index contributed by atoms with van der Waals surface area (Å²) < 4.78 is 11.6. The maximum absolute atomic E-state index is 11.0. The highest BCUT2D eigenvalue weighted by Crippen LogP contribution is 2.26. The molecule has 23 heavy (non-hydrogen) atoms. The fraction of sp³-hybridized carbons (Fsp3) is 0.125. The lowest BCUT2D eigenvalue weighted by Crippen LogP contribution is -2.62. The van der Waals surface area contributed by atoms with Crippen LogP contribution in [0.2, 0.25) is 0 Å². The number of benzene rings is 2. The molecule has 0 aliphatic heterocycles. The Morgan fingerprint density at radius 2 is 1.83 bits per heavy atom. The molecule has 0 fully saturated rings. The Morgan fingerprint density at radius 3 is 2.43 bits per heavy atom. The van der Waals surface area contributed by atoms with Gasteiger partial charge in [0, 0.05) is 5.56 Å². The summed E-state index contributed by atoms with van der Waals surface area (Å²) in [6, 6.07) is 16.5. The third kappa shape index (κ3) is 2.89. The second-order valence-electron chi connectivity index (χ2n) is 4.85. The first-order chi connectivity index (χ1) is 11.2. The molecule has 0 saturated heterocycles. The molecular formula is C16H15N3O4+2. The molecule has 0 spiro atoms. The van der Waals surface area contributed by atoms with E-state index in [9.17, 15) is 10.0 Å². The van der Waals surface area contributed by atoms with E-state index < -0.39 is 0 Å². The summed E-state index contributed by atoms with van der Waals surface area (Å²) in [5.41, 5.74) is 1.96. The van der Waals surface area contributed by atoms with Gasteiger partial charge in [-0.1, -0.05) is 30.3 Å². The summed E-state index contributed by atoms with van der Waals surface area (Å²) >= 11 is 0. The average Bonchev–Trinajstić information content (AvgIpc) is 2.91. The highest BCUT2D eigenvalue weighted by atomic mass is 16.6. The summed E-state index contributed by atoms with van der Waals surface area (Å²) in [5, 5.41) is 12.8. The number of ether oxygens (including phenoxy) is 1. The molecule has 0 radical (unpaired) electrons. The van der Waals surface area contributed by atoms with Crippen LogP contribution in [0.15, 0.2) is 64.4 Å². The Morgan fingerprint density at radius 1 is 1.13 bits per heavy atom. The fourth-order valence-electron chi connectivity index (χ4n) is 2.34. The Labute approximate surface area is 131 Å². The van der Waals surface area contributed by atoms with E-state index in [1.165, 1.54) is 4.68 Å². The number of methoxy groups -OCH3 is 1. The van der Waals surface area contributed by atoms with Gasteiger partial charge in [-0.2, -0.15) is 0 Å². The van der Waals surface area contributed by atoms with E-state index >= 15 is 0 Å². The van der Waals surface area contributed by atoms with Gasteiger partial charge in [-0.25, -0.2) is 0 Å². The normalized spacial score (nSPS) is 10.5. The van der Waals surface area contributed by atoms with Gasteiger partial charge >= 0.3 is 16.2 Å². The molecule has 7 heteroatoms. The Kier molecular flexibility index (Phi) is 4.01. The van der Waals surface area contributed by atoms with Crippen LogP contribution in [0.1, 0.15) is 5.56 Å². The summed E-state index contributed by atoms with van der Waals surface area (Å²) in [6.45, 7) is 0.317. The van der Waals surface area contributed by atoms with E-state index in [0.717, 1.165) is 10.5 Å². The molecule has 2 aromatic carbocycles. The van der Waals surface area contributed by atoms with E-state index in [0.29, 0.717) is 23.6 Å². The standard InChI is InChI=1S/C16H14N3O4/c1-22-14-9-7-13(8-10-14)15-16(20)23-19(17-21)18(15)11-12-5-3-2-4-6-12/h2-10H,11H2,1H3/q+1/p+1. The zero-order valence-corrected chi connectivity index (χ0v) is 12.4. The number of hydrogen-bond donors (Lipinski definition) is 1. The predicted octanol–water partition coefficient (Wildman–Crippen LogP) is 1.81. The van der Waals surface area contributed by atoms with Crippen molar-refractivity contribution in [2.75, 3.05) is 7.11 Å². The van der Waals surface area contributed by atoms with E-state index in [1.54, 1.807) is 31.4 Å². The van der Waals surface area contributed by atoms with Crippen LogP contribution in [-0.4, -0.2) is 12.2 Å². The molecule has 0 saturated carbocycles. The van der Waals surface area contributed by atoms with Crippen LogP contribution >= 0.6 is 0 Å². The summed E-state index contributed by atoms with van der Waals surface area (Å²) in [7, 11) is 1.57. The van der Waals surface area contributed by atoms with E-state index in [-0.39, 0.29) is 5.95 Å². The lowest BCUT2D eigenvalue weighted by atomic mass is 10.1. The van der Waals surface area contributed by atoms with Crippen LogP contribution in [0, 0.1) is 4.91 Å². The van der Waals surface area contributed by atoms with Crippen molar-refractivity contribution in [3.05, 3.63) is 65.1 Å². The summed E-state index contributed by atoms with van der Waals surface area (Å²) in [5.74, 6) is 0.304. The van der Waals surface area contributed by atoms with Crippen molar-refractivity contribution in [1.82, 2.24) is 0 Å². The van der Waals surface area contributed by atoms with Gasteiger partial charge < -0.3 is 9.84 Å². The van der Waals surface area contributed by atoms with Gasteiger partial charge in [0.1, 0.15) is 5.75 Å². The SMILES string of the molecule is COc1ccc(-c2c(O)o[n+](N=O)[n+]2Cc2ccccc2)cc1. The van der Waals surface area contributed by atoms with Gasteiger partial charge in [0.25, 0.3) is 5.69 Å². The monoisotopic (exact) mass is 313 g/mol. The van der Waals surface area contributed by atoms with Crippen molar-refractivity contribution in [2.45, 2.75) is 6.54 Å². The molecule has 3 aromatic rings. The first-order valence-corrected chi connectivity index (χ1v) is 6.93. The number of nitroso groups, excluding NO2 is 1. The zero-order valence-electron chi connectivity index (χ0n) is 12.4. The Hall–Kier alpha value is -3.22. The van der Waals surface area contributed by atoms with Crippen molar-refractivity contribution >= 4 is 0 Å². The quantitative estimate of drug-likeness (QED) is 0.575. The van der Waals surface area contributed by atoms with Crippen molar-refractivity contribution in [3.8, 4) is 23.0 Å². The van der Waals surface area contributed by atoms with Gasteiger partial charge in [0.15, 0.2) is 6.54 Å². The molecule has 1 N–H and O–H groups in total. The highest BCUT2D eigenvalue weighted by molar-refractivity contribution is 5.60. The topological polar surface area (TPSA) is 79.8 Å². The molecule has 0 aliphatic carbocycles. The minimum absolute atomic E-state index is 0.317. The van der Waals surface area contributed by atoms with Crippen LogP contribution in [-0.2, 0) is 6.54 Å². The van der Waals surface area contributed by atoms with Crippen LogP contribution < -0.4 is 14.4 Å². The minimum Gasteiger partial charge on any atom is -0.497 e. The van der Waals surface area contributed by atoms with Crippen molar-refractivity contribution in [2.24, 2.45) is 5.29 Å². The van der Waals surface area contributed by atoms with Gasteiger partial charge in [-0.15, -0.1) is 4.52 Å². The highest BCUT2D eigenvalue weighted by Gasteiger charge is 2.37. The lowest BCUT2D eigenvalue weighted by molar-refractivity contribution is -1.31. The number of aromatic hydroxyl groups is 1. The third-order valence-electron chi connectivity index (χ3n) is 3.44. The summed E-state index contributed by atoms with van der Waals surface area (Å²) in [4.78, 5) is 11.7. The van der Waals surface area contributed by atoms with E-state index in [1.807, 2.05) is 30.3 Å². The molecule has 0 bridgehead atoms. The number of aromatic nitrogens is 2. The van der Waals surface area contributed by atoms with Crippen LogP contribution in [0.25, 0.3) is 11.3 Å². The van der Waals surface area contributed by atoms with Gasteiger partial charge in [0.2, 0.25) is 0 Å². The number of nitrogens with zero attached hydrogens (tertiary/aromatic N) is 3. The predicted molar refractivity (Wildman–Crippen MR) is 79.5 cm³/mol. The first-order valence-electron chi connectivity index (χ1n) is 6.93. The van der Waals surface area contributed by atoms with E-state index in [2.05, 4.69) is 5.29 Å². The van der Waals surface area contributed by atoms with Crippen LogP contribution in [0.5, 0.6) is 11.7 Å². The largest absolute Gasteiger partial charge is 0.560 e. The zero-order chi connectivity index (χ0) is 16.2. The first kappa shape index (κ1) is 14.7. The molecule has 0 unspecified atom stereocenters. The molecule has 1 aromatic heterocycles. The minimum atomic E-state index is -0.384. The molecule has 1 heterocycles. The molecule has 7 nitrogen and oxygen atoms in total. The lowest BCUT2D eigenvalue weighted by Gasteiger charge is -2.00. The molecule has 0 amide bonds. The van der Waals surface area contributed by atoms with Gasteiger partial charge in [-0.3, -0.25) is 0 Å². The molecule has 0 aliphatic rings. The second kappa shape index (κ2) is 6.27. The molecular weight excluding hydrogens is 298 g/mol. The van der Waals surface area contributed by atoms with Crippen molar-refractivity contribution in [3.63, 3.8) is 0 Å². The van der Waals surface area contributed by atoms with E-state index in [4.69, 9.17) is 9.26 Å². The Bertz CT molecular complexity index is 813. The number of rotatable bonds is 5. The van der Waals surface area contributed by atoms with Gasteiger partial charge in [0.05, 0.1) is 16.7 Å². The fourth-order valence-corrected chi connectivity index (χ4v) is 2.34. The second-order valence-corrected chi connectivity index (χ2v) is 4.85. The Balaban J connectivity index is 2.08. The molecule has 116 valence electrons. The third-order valence-corrected chi connectivity index (χ3v) is 3.44. The smallest absolute Gasteiger partial charge is 0.497 e. The summed E-state index contributed by atoms with van der Waals surface area (Å²) in [6.07, 6.45) is 0.